The maximum absolute atomic E-state index is 11.5. The van der Waals surface area contributed by atoms with Crippen molar-refractivity contribution in [3.05, 3.63) is 52.7 Å². The van der Waals surface area contributed by atoms with Crippen LogP contribution in [0.4, 0.5) is 0 Å². The molecule has 16 heavy (non-hydrogen) atoms. The van der Waals surface area contributed by atoms with E-state index in [0.717, 1.165) is 17.7 Å². The van der Waals surface area contributed by atoms with Gasteiger partial charge in [-0.25, -0.2) is 4.79 Å². The predicted octanol–water partition coefficient (Wildman–Crippen LogP) is 1.06. The van der Waals surface area contributed by atoms with Crippen LogP contribution in [-0.2, 0) is 6.42 Å². The highest BCUT2D eigenvalue weighted by Gasteiger charge is 2.07. The molecule has 1 aromatic carbocycles. The molecule has 0 amide bonds. The molecule has 2 aromatic rings. The lowest BCUT2D eigenvalue weighted by atomic mass is 10.1. The Morgan fingerprint density at radius 2 is 2.19 bits per heavy atom. The summed E-state index contributed by atoms with van der Waals surface area (Å²) in [6.07, 6.45) is 4.11. The first-order chi connectivity index (χ1) is 7.68. The molecule has 0 aliphatic carbocycles. The van der Waals surface area contributed by atoms with Gasteiger partial charge in [0, 0.05) is 18.4 Å². The molecular weight excluding hydrogens is 202 g/mol. The van der Waals surface area contributed by atoms with E-state index in [1.165, 1.54) is 0 Å². The molecule has 84 valence electrons. The third-order valence-corrected chi connectivity index (χ3v) is 2.44. The number of H-pyrrole nitrogens is 1. The first-order valence-electron chi connectivity index (χ1n) is 5.28. The van der Waals surface area contributed by atoms with Crippen molar-refractivity contribution in [2.45, 2.75) is 19.4 Å². The highest BCUT2D eigenvalue weighted by Crippen LogP contribution is 2.13. The smallest absolute Gasteiger partial charge is 0.328 e. The number of nitrogens with two attached hydrogens (primary N) is 1. The van der Waals surface area contributed by atoms with Gasteiger partial charge in [-0.3, -0.25) is 4.57 Å². The Balaban J connectivity index is 2.49. The first-order valence-corrected chi connectivity index (χ1v) is 5.28. The Morgan fingerprint density at radius 3 is 2.81 bits per heavy atom. The Morgan fingerprint density at radius 1 is 1.44 bits per heavy atom. The normalized spacial score (nSPS) is 12.6. The molecule has 0 aliphatic rings. The van der Waals surface area contributed by atoms with E-state index in [2.05, 4.69) is 4.98 Å². The van der Waals surface area contributed by atoms with E-state index in [-0.39, 0.29) is 11.7 Å². The van der Waals surface area contributed by atoms with Gasteiger partial charge < -0.3 is 10.7 Å². The summed E-state index contributed by atoms with van der Waals surface area (Å²) in [6.45, 7) is 1.96. The van der Waals surface area contributed by atoms with Crippen molar-refractivity contribution in [2.24, 2.45) is 5.73 Å². The second kappa shape index (κ2) is 4.37. The van der Waals surface area contributed by atoms with Gasteiger partial charge >= 0.3 is 5.69 Å². The summed E-state index contributed by atoms with van der Waals surface area (Å²) >= 11 is 0. The van der Waals surface area contributed by atoms with Crippen molar-refractivity contribution in [1.29, 1.82) is 0 Å². The Labute approximate surface area is 93.7 Å². The highest BCUT2D eigenvalue weighted by molar-refractivity contribution is 5.41. The molecule has 4 heteroatoms. The minimum Gasteiger partial charge on any atom is -0.328 e. The molecule has 0 radical (unpaired) electrons. The van der Waals surface area contributed by atoms with Crippen LogP contribution in [0.3, 0.4) is 0 Å². The fraction of sp³-hybridized carbons (Fsp3) is 0.250. The van der Waals surface area contributed by atoms with Crippen molar-refractivity contribution in [2.75, 3.05) is 0 Å². The molecule has 0 saturated carbocycles. The van der Waals surface area contributed by atoms with Crippen molar-refractivity contribution < 1.29 is 0 Å². The molecule has 1 heterocycles. The van der Waals surface area contributed by atoms with Gasteiger partial charge in [0.25, 0.3) is 0 Å². The monoisotopic (exact) mass is 217 g/mol. The lowest BCUT2D eigenvalue weighted by Crippen LogP contribution is -2.21. The van der Waals surface area contributed by atoms with Gasteiger partial charge in [-0.1, -0.05) is 18.2 Å². The third kappa shape index (κ3) is 2.06. The average molecular weight is 217 g/mol. The molecule has 0 saturated heterocycles. The number of benzene rings is 1. The minimum absolute atomic E-state index is 0.0794. The van der Waals surface area contributed by atoms with Crippen LogP contribution in [0.25, 0.3) is 5.69 Å². The molecule has 1 aromatic heterocycles. The van der Waals surface area contributed by atoms with Crippen LogP contribution in [0.1, 0.15) is 12.5 Å². The zero-order chi connectivity index (χ0) is 11.5. The van der Waals surface area contributed by atoms with Crippen molar-refractivity contribution in [1.82, 2.24) is 9.55 Å². The van der Waals surface area contributed by atoms with Gasteiger partial charge in [0.15, 0.2) is 0 Å². The summed E-state index contributed by atoms with van der Waals surface area (Å²) in [7, 11) is 0. The standard InChI is InChI=1S/C12H15N3O/c1-9(13)8-10-4-2-3-5-11(10)15-7-6-14-12(15)16/h2-7,9H,8,13H2,1H3,(H,14,16). The molecule has 4 nitrogen and oxygen atoms in total. The van der Waals surface area contributed by atoms with Crippen LogP contribution in [0, 0.1) is 0 Å². The fourth-order valence-corrected chi connectivity index (χ4v) is 1.78. The average Bonchev–Trinajstić information content (AvgIpc) is 2.64. The lowest BCUT2D eigenvalue weighted by Gasteiger charge is -2.11. The maximum Gasteiger partial charge on any atom is 0.330 e. The second-order valence-electron chi connectivity index (χ2n) is 3.95. The summed E-state index contributed by atoms with van der Waals surface area (Å²) in [5.74, 6) is 0. The van der Waals surface area contributed by atoms with Crippen LogP contribution < -0.4 is 11.4 Å². The number of aromatic nitrogens is 2. The quantitative estimate of drug-likeness (QED) is 0.807. The van der Waals surface area contributed by atoms with Gasteiger partial charge in [-0.15, -0.1) is 0 Å². The summed E-state index contributed by atoms with van der Waals surface area (Å²) < 4.78 is 1.59. The molecule has 3 N–H and O–H groups in total. The van der Waals surface area contributed by atoms with E-state index in [4.69, 9.17) is 5.73 Å². The zero-order valence-electron chi connectivity index (χ0n) is 9.18. The largest absolute Gasteiger partial charge is 0.330 e. The van der Waals surface area contributed by atoms with Crippen molar-refractivity contribution in [3.8, 4) is 5.69 Å². The van der Waals surface area contributed by atoms with Crippen LogP contribution in [0.2, 0.25) is 0 Å². The molecule has 1 atom stereocenters. The number of hydrogen-bond acceptors (Lipinski definition) is 2. The fourth-order valence-electron chi connectivity index (χ4n) is 1.78. The van der Waals surface area contributed by atoms with Crippen LogP contribution >= 0.6 is 0 Å². The molecule has 0 bridgehead atoms. The SMILES string of the molecule is CC(N)Cc1ccccc1-n1cc[nH]c1=O. The lowest BCUT2D eigenvalue weighted by molar-refractivity contribution is 0.732. The molecule has 0 fully saturated rings. The van der Waals surface area contributed by atoms with Gasteiger partial charge in [-0.2, -0.15) is 0 Å². The van der Waals surface area contributed by atoms with E-state index in [1.807, 2.05) is 31.2 Å². The Kier molecular flexibility index (Phi) is 2.92. The topological polar surface area (TPSA) is 63.8 Å². The number of rotatable bonds is 3. The highest BCUT2D eigenvalue weighted by atomic mass is 16.1. The number of para-hydroxylation sites is 1. The molecule has 0 aliphatic heterocycles. The zero-order valence-corrected chi connectivity index (χ0v) is 9.18. The Hall–Kier alpha value is -1.81. The van der Waals surface area contributed by atoms with Crippen molar-refractivity contribution in [3.63, 3.8) is 0 Å². The van der Waals surface area contributed by atoms with E-state index in [1.54, 1.807) is 17.0 Å². The number of nitrogens with one attached hydrogen (secondary N) is 1. The van der Waals surface area contributed by atoms with E-state index in [0.29, 0.717) is 0 Å². The first kappa shape index (κ1) is 10.7. The van der Waals surface area contributed by atoms with E-state index >= 15 is 0 Å². The summed E-state index contributed by atoms with van der Waals surface area (Å²) in [5, 5.41) is 0. The molecule has 1 unspecified atom stereocenters. The van der Waals surface area contributed by atoms with Gasteiger partial charge in [0.2, 0.25) is 0 Å². The molecule has 0 spiro atoms. The number of nitrogens with zero attached hydrogens (tertiary/aromatic N) is 1. The van der Waals surface area contributed by atoms with E-state index in [9.17, 15) is 4.79 Å². The van der Waals surface area contributed by atoms with Crippen molar-refractivity contribution >= 4 is 0 Å². The maximum atomic E-state index is 11.5. The predicted molar refractivity (Wildman–Crippen MR) is 63.7 cm³/mol. The van der Waals surface area contributed by atoms with Crippen LogP contribution in [-0.4, -0.2) is 15.6 Å². The summed E-state index contributed by atoms with van der Waals surface area (Å²) in [6, 6.07) is 7.87. The number of imidazole rings is 1. The van der Waals surface area contributed by atoms with Gasteiger partial charge in [0.05, 0.1) is 5.69 Å². The Bertz CT molecular complexity index is 525. The second-order valence-corrected chi connectivity index (χ2v) is 3.95. The van der Waals surface area contributed by atoms with Crippen LogP contribution in [0.15, 0.2) is 41.5 Å². The molecular formula is C12H15N3O. The van der Waals surface area contributed by atoms with Gasteiger partial charge in [-0.05, 0) is 25.0 Å². The van der Waals surface area contributed by atoms with E-state index < -0.39 is 0 Å². The molecule has 2 rings (SSSR count). The summed E-state index contributed by atoms with van der Waals surface area (Å²) in [4.78, 5) is 14.2. The van der Waals surface area contributed by atoms with Gasteiger partial charge in [0.1, 0.15) is 0 Å². The summed E-state index contributed by atoms with van der Waals surface area (Å²) in [5.41, 5.74) is 7.64. The van der Waals surface area contributed by atoms with Crippen LogP contribution in [0.5, 0.6) is 0 Å². The number of hydrogen-bond donors (Lipinski definition) is 2. The third-order valence-electron chi connectivity index (χ3n) is 2.44. The minimum atomic E-state index is -0.128. The number of aromatic amines is 1.